The second kappa shape index (κ2) is 6.10. The van der Waals surface area contributed by atoms with Crippen molar-refractivity contribution in [3.63, 3.8) is 0 Å². The molecule has 102 valence electrons. The fourth-order valence-electron chi connectivity index (χ4n) is 1.50. The predicted octanol–water partition coefficient (Wildman–Crippen LogP) is -0.0780. The molecule has 2 heterocycles. The standard InChI is InChI=1S/C11H15N5O3/c1-16-6-8(5-13-16)11(17)12-4-3-9-14-10(7-18-2)19-15-9/h5-6H,3-4,7H2,1-2H3,(H,12,17). The van der Waals surface area contributed by atoms with Crippen molar-refractivity contribution in [1.82, 2.24) is 25.2 Å². The molecule has 19 heavy (non-hydrogen) atoms. The second-order valence-electron chi connectivity index (χ2n) is 3.95. The molecule has 8 heteroatoms. The van der Waals surface area contributed by atoms with Crippen LogP contribution in [-0.2, 0) is 24.8 Å². The van der Waals surface area contributed by atoms with Crippen LogP contribution in [0.2, 0.25) is 0 Å². The van der Waals surface area contributed by atoms with Crippen LogP contribution in [0.3, 0.4) is 0 Å². The number of methoxy groups -OCH3 is 1. The lowest BCUT2D eigenvalue weighted by Crippen LogP contribution is -2.25. The smallest absolute Gasteiger partial charge is 0.254 e. The van der Waals surface area contributed by atoms with E-state index in [4.69, 9.17) is 9.26 Å². The highest BCUT2D eigenvalue weighted by molar-refractivity contribution is 5.93. The summed E-state index contributed by atoms with van der Waals surface area (Å²) in [5, 5.41) is 10.5. The Morgan fingerprint density at radius 1 is 1.58 bits per heavy atom. The van der Waals surface area contributed by atoms with Crippen LogP contribution in [0.15, 0.2) is 16.9 Å². The summed E-state index contributed by atoms with van der Waals surface area (Å²) < 4.78 is 11.4. The number of hydrogen-bond acceptors (Lipinski definition) is 6. The number of rotatable bonds is 6. The van der Waals surface area contributed by atoms with Gasteiger partial charge in [-0.1, -0.05) is 5.16 Å². The van der Waals surface area contributed by atoms with Gasteiger partial charge in [0.1, 0.15) is 6.61 Å². The zero-order chi connectivity index (χ0) is 13.7. The Morgan fingerprint density at radius 3 is 3.11 bits per heavy atom. The van der Waals surface area contributed by atoms with E-state index in [1.165, 1.54) is 6.20 Å². The summed E-state index contributed by atoms with van der Waals surface area (Å²) in [6, 6.07) is 0. The number of hydrogen-bond donors (Lipinski definition) is 1. The van der Waals surface area contributed by atoms with E-state index >= 15 is 0 Å². The van der Waals surface area contributed by atoms with Crippen LogP contribution in [0.1, 0.15) is 22.1 Å². The molecular weight excluding hydrogens is 250 g/mol. The van der Waals surface area contributed by atoms with Crippen molar-refractivity contribution in [2.75, 3.05) is 13.7 Å². The average molecular weight is 265 g/mol. The fourth-order valence-corrected chi connectivity index (χ4v) is 1.50. The maximum absolute atomic E-state index is 11.7. The van der Waals surface area contributed by atoms with Crippen LogP contribution in [0.25, 0.3) is 0 Å². The summed E-state index contributed by atoms with van der Waals surface area (Å²) >= 11 is 0. The predicted molar refractivity (Wildman–Crippen MR) is 64.3 cm³/mol. The number of amides is 1. The third kappa shape index (κ3) is 3.62. The monoisotopic (exact) mass is 265 g/mol. The largest absolute Gasteiger partial charge is 0.375 e. The Balaban J connectivity index is 1.78. The molecule has 0 bridgehead atoms. The molecule has 0 saturated carbocycles. The van der Waals surface area contributed by atoms with Gasteiger partial charge in [-0.25, -0.2) is 0 Å². The number of aryl methyl sites for hydroxylation is 1. The Labute approximate surface area is 109 Å². The van der Waals surface area contributed by atoms with Gasteiger partial charge in [0.05, 0.1) is 11.8 Å². The summed E-state index contributed by atoms with van der Waals surface area (Å²) in [6.07, 6.45) is 3.67. The van der Waals surface area contributed by atoms with Gasteiger partial charge in [0, 0.05) is 33.3 Å². The number of nitrogens with one attached hydrogen (secondary N) is 1. The Bertz CT molecular complexity index is 548. The first-order valence-corrected chi connectivity index (χ1v) is 5.76. The topological polar surface area (TPSA) is 95.1 Å². The quantitative estimate of drug-likeness (QED) is 0.785. The van der Waals surface area contributed by atoms with Gasteiger partial charge in [-0.2, -0.15) is 10.1 Å². The van der Waals surface area contributed by atoms with E-state index in [1.54, 1.807) is 25.0 Å². The molecule has 0 aromatic carbocycles. The molecule has 0 aliphatic heterocycles. The molecular formula is C11H15N5O3. The molecule has 0 unspecified atom stereocenters. The molecule has 0 saturated heterocycles. The molecule has 0 spiro atoms. The number of carbonyl (C=O) groups excluding carboxylic acids is 1. The van der Waals surface area contributed by atoms with Crippen LogP contribution in [0.4, 0.5) is 0 Å². The van der Waals surface area contributed by atoms with Gasteiger partial charge in [0.25, 0.3) is 11.8 Å². The van der Waals surface area contributed by atoms with Gasteiger partial charge >= 0.3 is 0 Å². The van der Waals surface area contributed by atoms with E-state index in [0.717, 1.165) is 0 Å². The molecule has 0 fully saturated rings. The highest BCUT2D eigenvalue weighted by Gasteiger charge is 2.09. The summed E-state index contributed by atoms with van der Waals surface area (Å²) in [4.78, 5) is 15.8. The van der Waals surface area contributed by atoms with Crippen LogP contribution in [-0.4, -0.2) is 39.5 Å². The van der Waals surface area contributed by atoms with Gasteiger partial charge in [0.2, 0.25) is 0 Å². The van der Waals surface area contributed by atoms with Crippen LogP contribution in [0.5, 0.6) is 0 Å². The lowest BCUT2D eigenvalue weighted by molar-refractivity contribution is 0.0954. The van der Waals surface area contributed by atoms with E-state index in [9.17, 15) is 4.79 Å². The van der Waals surface area contributed by atoms with Crippen LogP contribution in [0, 0.1) is 0 Å². The summed E-state index contributed by atoms with van der Waals surface area (Å²) in [7, 11) is 3.31. The van der Waals surface area contributed by atoms with Crippen LogP contribution >= 0.6 is 0 Å². The molecule has 1 N–H and O–H groups in total. The van der Waals surface area contributed by atoms with Gasteiger partial charge in [0.15, 0.2) is 5.82 Å². The first kappa shape index (κ1) is 13.2. The van der Waals surface area contributed by atoms with Crippen molar-refractivity contribution in [3.8, 4) is 0 Å². The Kier molecular flexibility index (Phi) is 4.24. The minimum absolute atomic E-state index is 0.172. The zero-order valence-electron chi connectivity index (χ0n) is 10.8. The Hall–Kier alpha value is -2.22. The van der Waals surface area contributed by atoms with Gasteiger partial charge in [-0.05, 0) is 0 Å². The summed E-state index contributed by atoms with van der Waals surface area (Å²) in [5.74, 6) is 0.795. The number of ether oxygens (including phenoxy) is 1. The average Bonchev–Trinajstić information content (AvgIpc) is 2.99. The third-order valence-corrected chi connectivity index (χ3v) is 2.38. The van der Waals surface area contributed by atoms with Crippen molar-refractivity contribution >= 4 is 5.91 Å². The molecule has 0 radical (unpaired) electrons. The molecule has 0 aliphatic rings. The normalized spacial score (nSPS) is 10.6. The lowest BCUT2D eigenvalue weighted by atomic mass is 10.3. The molecule has 8 nitrogen and oxygen atoms in total. The zero-order valence-corrected chi connectivity index (χ0v) is 10.8. The van der Waals surface area contributed by atoms with Crippen molar-refractivity contribution in [3.05, 3.63) is 29.7 Å². The minimum atomic E-state index is -0.172. The van der Waals surface area contributed by atoms with E-state index in [-0.39, 0.29) is 12.5 Å². The minimum Gasteiger partial charge on any atom is -0.375 e. The number of nitrogens with zero attached hydrogens (tertiary/aromatic N) is 4. The number of carbonyl (C=O) groups is 1. The second-order valence-corrected chi connectivity index (χ2v) is 3.95. The van der Waals surface area contributed by atoms with E-state index in [2.05, 4.69) is 20.6 Å². The Morgan fingerprint density at radius 2 is 2.42 bits per heavy atom. The highest BCUT2D eigenvalue weighted by Crippen LogP contribution is 2.00. The lowest BCUT2D eigenvalue weighted by Gasteiger charge is -2.00. The maximum Gasteiger partial charge on any atom is 0.254 e. The van der Waals surface area contributed by atoms with Gasteiger partial charge in [-0.3, -0.25) is 9.48 Å². The first-order valence-electron chi connectivity index (χ1n) is 5.76. The van der Waals surface area contributed by atoms with E-state index < -0.39 is 0 Å². The molecule has 0 atom stereocenters. The number of aromatic nitrogens is 4. The summed E-state index contributed by atoms with van der Waals surface area (Å²) in [5.41, 5.74) is 0.524. The van der Waals surface area contributed by atoms with Crippen molar-refractivity contribution < 1.29 is 14.1 Å². The van der Waals surface area contributed by atoms with E-state index in [1.807, 2.05) is 0 Å². The first-order chi connectivity index (χ1) is 9.19. The SMILES string of the molecule is COCc1nc(CCNC(=O)c2cnn(C)c2)no1. The van der Waals surface area contributed by atoms with Crippen molar-refractivity contribution in [2.24, 2.45) is 7.05 Å². The van der Waals surface area contributed by atoms with Crippen LogP contribution < -0.4 is 5.32 Å². The van der Waals surface area contributed by atoms with E-state index in [0.29, 0.717) is 30.2 Å². The maximum atomic E-state index is 11.7. The summed E-state index contributed by atoms with van der Waals surface area (Å²) in [6.45, 7) is 0.717. The van der Waals surface area contributed by atoms with Crippen molar-refractivity contribution in [1.29, 1.82) is 0 Å². The van der Waals surface area contributed by atoms with Gasteiger partial charge in [-0.15, -0.1) is 0 Å². The molecule has 0 aliphatic carbocycles. The van der Waals surface area contributed by atoms with Gasteiger partial charge < -0.3 is 14.6 Å². The molecule has 2 aromatic rings. The highest BCUT2D eigenvalue weighted by atomic mass is 16.5. The molecule has 2 aromatic heterocycles. The molecule has 1 amide bonds. The fraction of sp³-hybridized carbons (Fsp3) is 0.455. The third-order valence-electron chi connectivity index (χ3n) is 2.38. The molecule has 2 rings (SSSR count). The van der Waals surface area contributed by atoms with Crippen molar-refractivity contribution in [2.45, 2.75) is 13.0 Å².